The summed E-state index contributed by atoms with van der Waals surface area (Å²) in [6.07, 6.45) is -27.3. The Hall–Kier alpha value is -2.45. The summed E-state index contributed by atoms with van der Waals surface area (Å²) in [5.74, 6) is -0.212. The van der Waals surface area contributed by atoms with Gasteiger partial charge in [0, 0.05) is 6.08 Å². The van der Waals surface area contributed by atoms with Gasteiger partial charge in [-0.05, 0) is 37.6 Å². The first-order valence-electron chi connectivity index (χ1n) is 17.0. The maximum absolute atomic E-state index is 12.6. The van der Waals surface area contributed by atoms with E-state index in [4.69, 9.17) is 42.6 Å². The Bertz CT molecular complexity index is 1350. The Morgan fingerprint density at radius 1 is 0.698 bits per heavy atom. The fourth-order valence-corrected chi connectivity index (χ4v) is 6.35. The van der Waals surface area contributed by atoms with E-state index in [0.717, 1.165) is 6.08 Å². The Kier molecular flexibility index (Phi) is 14.2. The third-order valence-electron chi connectivity index (χ3n) is 9.50. The zero-order valence-corrected chi connectivity index (χ0v) is 28.9. The predicted octanol–water partition coefficient (Wildman–Crippen LogP) is -4.78. The second-order valence-electron chi connectivity index (χ2n) is 13.2. The number of hydrogen-bond donors (Lipinski definition) is 10. The molecule has 4 aliphatic rings. The highest BCUT2D eigenvalue weighted by molar-refractivity contribution is 5.87. The van der Waals surface area contributed by atoms with Crippen molar-refractivity contribution in [1.82, 2.24) is 0 Å². The third kappa shape index (κ3) is 9.34. The van der Waals surface area contributed by atoms with Crippen LogP contribution in [-0.2, 0) is 42.7 Å². The molecule has 0 bridgehead atoms. The second-order valence-corrected chi connectivity index (χ2v) is 13.2. The number of aliphatic hydroxyl groups is 10. The van der Waals surface area contributed by atoms with Gasteiger partial charge in [-0.1, -0.05) is 12.1 Å². The number of carbonyl (C=O) groups is 1. The lowest BCUT2D eigenvalue weighted by atomic mass is 9.97. The van der Waals surface area contributed by atoms with Gasteiger partial charge >= 0.3 is 5.97 Å². The fourth-order valence-electron chi connectivity index (χ4n) is 6.35. The van der Waals surface area contributed by atoms with Crippen molar-refractivity contribution in [1.29, 1.82) is 0 Å². The van der Waals surface area contributed by atoms with Gasteiger partial charge in [-0.2, -0.15) is 0 Å². The maximum atomic E-state index is 12.6. The molecule has 0 radical (unpaired) electrons. The van der Waals surface area contributed by atoms with Crippen molar-refractivity contribution in [3.05, 3.63) is 35.9 Å². The molecule has 19 atom stereocenters. The zero-order chi connectivity index (χ0) is 38.7. The molecule has 4 saturated heterocycles. The van der Waals surface area contributed by atoms with Gasteiger partial charge in [-0.3, -0.25) is 0 Å². The molecule has 0 amide bonds. The number of aliphatic hydroxyl groups excluding tert-OH is 10. The molecule has 1 aromatic rings. The Labute approximate surface area is 303 Å². The Morgan fingerprint density at radius 3 is 1.96 bits per heavy atom. The van der Waals surface area contributed by atoms with E-state index in [2.05, 4.69) is 0 Å². The molecule has 4 fully saturated rings. The first kappa shape index (κ1) is 41.7. The molecule has 0 aromatic heterocycles. The van der Waals surface area contributed by atoms with Gasteiger partial charge in [-0.15, -0.1) is 0 Å². The third-order valence-corrected chi connectivity index (χ3v) is 9.50. The molecule has 5 rings (SSSR count). The molecule has 53 heavy (non-hydrogen) atoms. The Morgan fingerprint density at radius 2 is 1.30 bits per heavy atom. The highest BCUT2D eigenvalue weighted by atomic mass is 16.8. The number of carbonyl (C=O) groups excluding carboxylic acids is 1. The fraction of sp³-hybridized carbons (Fsp3) is 0.727. The SMILES string of the molecule is COc1ccc(/C=C\C(=O)O[C@@H]2[C@H](O)[C@@H](O[C@@H]3O[C@@H](C)[C@H](O[C@@H]4OC[C@@H](O[C@@H]5O[C@H](CO)[C@H](O)[C@H](O)[C@H]5O)[C@H](O)[C@H]4O)[C@@H](O)[C@H]3O)[C@H](O)O[C@@H]2C)cc1. The zero-order valence-electron chi connectivity index (χ0n) is 28.9. The minimum atomic E-state index is -1.88. The minimum absolute atomic E-state index is 0.469. The average molecular weight is 765 g/mol. The van der Waals surface area contributed by atoms with Crippen LogP contribution >= 0.6 is 0 Å². The summed E-state index contributed by atoms with van der Waals surface area (Å²) in [6.45, 7) is 1.68. The summed E-state index contributed by atoms with van der Waals surface area (Å²) in [7, 11) is 1.52. The standard InChI is InChI=1S/C33H48O20/c1-12-28(51-18(35)9-6-14-4-7-15(45-3)8-5-14)26(43)29(30(44)47-12)53-32-25(42)22(39)27(13(2)48-32)52-31-23(40)20(37)17(11-46-31)50-33-24(41)21(38)19(36)16(10-34)49-33/h4-9,12-13,16-17,19-34,36-44H,10-11H2,1-3H3/b9-6-/t12-,13+,16-,17-,19+,20+,21+,22+,23-,24-,25-,26+,27+,28+,29-,30-,31+,32+,33+/m1/s1. The van der Waals surface area contributed by atoms with Gasteiger partial charge in [0.1, 0.15) is 79.0 Å². The van der Waals surface area contributed by atoms with Gasteiger partial charge in [0.25, 0.3) is 0 Å². The summed E-state index contributed by atoms with van der Waals surface area (Å²) in [4.78, 5) is 12.6. The van der Waals surface area contributed by atoms with Crippen LogP contribution in [0.2, 0.25) is 0 Å². The Balaban J connectivity index is 1.15. The van der Waals surface area contributed by atoms with Crippen molar-refractivity contribution >= 4 is 12.0 Å². The summed E-state index contributed by atoms with van der Waals surface area (Å²) >= 11 is 0. The molecule has 0 aliphatic carbocycles. The highest BCUT2D eigenvalue weighted by Crippen LogP contribution is 2.33. The first-order chi connectivity index (χ1) is 25.1. The number of benzene rings is 1. The van der Waals surface area contributed by atoms with Gasteiger partial charge in [-0.25, -0.2) is 4.79 Å². The van der Waals surface area contributed by atoms with Crippen LogP contribution in [0.1, 0.15) is 19.4 Å². The van der Waals surface area contributed by atoms with E-state index in [0.29, 0.717) is 11.3 Å². The summed E-state index contributed by atoms with van der Waals surface area (Å²) < 4.78 is 49.3. The quantitative estimate of drug-likeness (QED) is 0.0747. The van der Waals surface area contributed by atoms with Crippen molar-refractivity contribution in [2.24, 2.45) is 0 Å². The van der Waals surface area contributed by atoms with Gasteiger partial charge < -0.3 is 93.7 Å². The average Bonchev–Trinajstić information content (AvgIpc) is 3.14. The van der Waals surface area contributed by atoms with E-state index in [1.54, 1.807) is 24.3 Å². The number of hydrogen-bond acceptors (Lipinski definition) is 20. The second kappa shape index (κ2) is 18.0. The van der Waals surface area contributed by atoms with Crippen molar-refractivity contribution in [2.75, 3.05) is 20.3 Å². The topological polar surface area (TPSA) is 302 Å². The van der Waals surface area contributed by atoms with Gasteiger partial charge in [0.15, 0.2) is 31.3 Å². The normalized spacial score (nSPS) is 45.2. The number of rotatable bonds is 11. The van der Waals surface area contributed by atoms with E-state index >= 15 is 0 Å². The minimum Gasteiger partial charge on any atom is -0.497 e. The molecule has 0 saturated carbocycles. The first-order valence-corrected chi connectivity index (χ1v) is 17.0. The van der Waals surface area contributed by atoms with Crippen molar-refractivity contribution in [3.8, 4) is 5.75 Å². The molecule has 1 aromatic carbocycles. The van der Waals surface area contributed by atoms with E-state index < -0.39 is 136 Å². The van der Waals surface area contributed by atoms with Crippen LogP contribution < -0.4 is 4.74 Å². The molecule has 0 spiro atoms. The lowest BCUT2D eigenvalue weighted by Gasteiger charge is -2.47. The van der Waals surface area contributed by atoms with Crippen molar-refractivity contribution in [2.45, 2.75) is 131 Å². The van der Waals surface area contributed by atoms with E-state index in [1.807, 2.05) is 0 Å². The molecule has 20 heteroatoms. The van der Waals surface area contributed by atoms with Crippen LogP contribution in [0.3, 0.4) is 0 Å². The molecule has 4 heterocycles. The summed E-state index contributed by atoms with van der Waals surface area (Å²) in [6, 6.07) is 6.81. The molecule has 4 aliphatic heterocycles. The smallest absolute Gasteiger partial charge is 0.331 e. The van der Waals surface area contributed by atoms with E-state index in [-0.39, 0.29) is 0 Å². The van der Waals surface area contributed by atoms with Crippen LogP contribution in [0.15, 0.2) is 30.3 Å². The van der Waals surface area contributed by atoms with Crippen LogP contribution in [0.25, 0.3) is 6.08 Å². The predicted molar refractivity (Wildman–Crippen MR) is 171 cm³/mol. The van der Waals surface area contributed by atoms with Gasteiger partial charge in [0.2, 0.25) is 0 Å². The van der Waals surface area contributed by atoms with Crippen molar-refractivity contribution in [3.63, 3.8) is 0 Å². The molecule has 20 nitrogen and oxygen atoms in total. The molecule has 0 unspecified atom stereocenters. The lowest BCUT2D eigenvalue weighted by Crippen LogP contribution is -2.65. The van der Waals surface area contributed by atoms with Crippen LogP contribution in [0, 0.1) is 0 Å². The van der Waals surface area contributed by atoms with Gasteiger partial charge in [0.05, 0.1) is 32.5 Å². The van der Waals surface area contributed by atoms with E-state index in [1.165, 1.54) is 27.0 Å². The number of methoxy groups -OCH3 is 1. The monoisotopic (exact) mass is 764 g/mol. The number of esters is 1. The van der Waals surface area contributed by atoms with Crippen LogP contribution in [-0.4, -0.2) is 194 Å². The molecular weight excluding hydrogens is 716 g/mol. The van der Waals surface area contributed by atoms with Crippen LogP contribution in [0.4, 0.5) is 0 Å². The lowest BCUT2D eigenvalue weighted by molar-refractivity contribution is -0.377. The molecular formula is C33H48O20. The summed E-state index contributed by atoms with van der Waals surface area (Å²) in [5.41, 5.74) is 0.664. The molecule has 300 valence electrons. The largest absolute Gasteiger partial charge is 0.497 e. The maximum Gasteiger partial charge on any atom is 0.331 e. The summed E-state index contributed by atoms with van der Waals surface area (Å²) in [5, 5.41) is 105. The highest BCUT2D eigenvalue weighted by Gasteiger charge is 2.53. The number of ether oxygens (including phenoxy) is 9. The van der Waals surface area contributed by atoms with E-state index in [9.17, 15) is 55.9 Å². The molecule has 10 N–H and O–H groups in total. The van der Waals surface area contributed by atoms with Crippen molar-refractivity contribution < 1.29 is 98.5 Å². The van der Waals surface area contributed by atoms with Crippen LogP contribution in [0.5, 0.6) is 5.75 Å².